The van der Waals surface area contributed by atoms with Crippen LogP contribution in [0.1, 0.15) is 52.9 Å². The standard InChI is InChI=1S/C10H21/c1-4-7-8-9-10(5-2)6-3/h5,10H,4,6-9H2,1-3H3. The fourth-order valence-corrected chi connectivity index (χ4v) is 1.26. The van der Waals surface area contributed by atoms with Gasteiger partial charge in [-0.25, -0.2) is 0 Å². The van der Waals surface area contributed by atoms with Gasteiger partial charge in [0, 0.05) is 0 Å². The van der Waals surface area contributed by atoms with Gasteiger partial charge in [-0.1, -0.05) is 52.9 Å². The summed E-state index contributed by atoms with van der Waals surface area (Å²) in [5.41, 5.74) is 0. The minimum absolute atomic E-state index is 0.881. The molecule has 0 nitrogen and oxygen atoms in total. The van der Waals surface area contributed by atoms with E-state index in [4.69, 9.17) is 0 Å². The number of rotatable bonds is 6. The molecule has 0 saturated carbocycles. The third-order valence-corrected chi connectivity index (χ3v) is 2.17. The summed E-state index contributed by atoms with van der Waals surface area (Å²) in [6.45, 7) is 6.72. The zero-order valence-electron chi connectivity index (χ0n) is 7.69. The van der Waals surface area contributed by atoms with E-state index in [0.717, 1.165) is 5.92 Å². The second-order valence-electron chi connectivity index (χ2n) is 3.00. The largest absolute Gasteiger partial charge is 0.0654 e. The first-order chi connectivity index (χ1) is 4.85. The van der Waals surface area contributed by atoms with Crippen molar-refractivity contribution in [1.29, 1.82) is 0 Å². The second kappa shape index (κ2) is 7.11. The Kier molecular flexibility index (Phi) is 7.11. The molecule has 0 rings (SSSR count). The van der Waals surface area contributed by atoms with E-state index >= 15 is 0 Å². The van der Waals surface area contributed by atoms with Crippen molar-refractivity contribution in [2.24, 2.45) is 5.92 Å². The lowest BCUT2D eigenvalue weighted by Gasteiger charge is -2.10. The minimum atomic E-state index is 0.881. The number of unbranched alkanes of at least 4 members (excludes halogenated alkanes) is 2. The third-order valence-electron chi connectivity index (χ3n) is 2.17. The fourth-order valence-electron chi connectivity index (χ4n) is 1.26. The lowest BCUT2D eigenvalue weighted by molar-refractivity contribution is 0.499. The summed E-state index contributed by atoms with van der Waals surface area (Å²) in [5, 5.41) is 0. The van der Waals surface area contributed by atoms with E-state index in [-0.39, 0.29) is 0 Å². The average molecular weight is 141 g/mol. The molecular formula is C10H21. The topological polar surface area (TPSA) is 0 Å². The van der Waals surface area contributed by atoms with Crippen LogP contribution in [-0.2, 0) is 0 Å². The molecule has 1 unspecified atom stereocenters. The van der Waals surface area contributed by atoms with Crippen LogP contribution in [0.4, 0.5) is 0 Å². The monoisotopic (exact) mass is 141 g/mol. The van der Waals surface area contributed by atoms with E-state index in [0.29, 0.717) is 0 Å². The van der Waals surface area contributed by atoms with Crippen LogP contribution in [0.2, 0.25) is 0 Å². The molecule has 0 fully saturated rings. The maximum atomic E-state index is 2.34. The van der Waals surface area contributed by atoms with Crippen molar-refractivity contribution in [3.05, 3.63) is 6.42 Å². The molecule has 0 heterocycles. The van der Waals surface area contributed by atoms with Gasteiger partial charge in [0.1, 0.15) is 0 Å². The summed E-state index contributed by atoms with van der Waals surface area (Å²) in [6.07, 6.45) is 9.24. The Morgan fingerprint density at radius 1 is 1.20 bits per heavy atom. The van der Waals surface area contributed by atoms with Crippen LogP contribution in [0.5, 0.6) is 0 Å². The average Bonchev–Trinajstić information content (AvgIpc) is 1.99. The van der Waals surface area contributed by atoms with E-state index in [1.54, 1.807) is 0 Å². The highest BCUT2D eigenvalue weighted by molar-refractivity contribution is 4.69. The van der Waals surface area contributed by atoms with Crippen molar-refractivity contribution in [2.75, 3.05) is 0 Å². The van der Waals surface area contributed by atoms with Crippen LogP contribution in [0.25, 0.3) is 0 Å². The van der Waals surface area contributed by atoms with Crippen molar-refractivity contribution in [3.63, 3.8) is 0 Å². The molecule has 10 heavy (non-hydrogen) atoms. The molecule has 0 bridgehead atoms. The van der Waals surface area contributed by atoms with Crippen molar-refractivity contribution >= 4 is 0 Å². The van der Waals surface area contributed by atoms with Gasteiger partial charge in [-0.15, -0.1) is 0 Å². The van der Waals surface area contributed by atoms with Gasteiger partial charge in [0.05, 0.1) is 0 Å². The molecule has 0 aliphatic carbocycles. The Morgan fingerprint density at radius 2 is 1.90 bits per heavy atom. The predicted molar refractivity (Wildman–Crippen MR) is 47.9 cm³/mol. The zero-order valence-corrected chi connectivity index (χ0v) is 7.69. The first-order valence-electron chi connectivity index (χ1n) is 4.64. The van der Waals surface area contributed by atoms with Gasteiger partial charge >= 0.3 is 0 Å². The Labute approximate surface area is 66.0 Å². The van der Waals surface area contributed by atoms with Crippen LogP contribution in [0, 0.1) is 12.3 Å². The van der Waals surface area contributed by atoms with Gasteiger partial charge in [0.2, 0.25) is 0 Å². The van der Waals surface area contributed by atoms with Gasteiger partial charge in [0.25, 0.3) is 0 Å². The van der Waals surface area contributed by atoms with Crippen LogP contribution in [0.15, 0.2) is 0 Å². The SMILES string of the molecule is C[CH]C(CC)CCCCC. The van der Waals surface area contributed by atoms with Crippen LogP contribution >= 0.6 is 0 Å². The van der Waals surface area contributed by atoms with Crippen molar-refractivity contribution in [3.8, 4) is 0 Å². The van der Waals surface area contributed by atoms with Crippen LogP contribution < -0.4 is 0 Å². The van der Waals surface area contributed by atoms with E-state index in [1.165, 1.54) is 32.1 Å². The Balaban J connectivity index is 3.09. The van der Waals surface area contributed by atoms with Gasteiger partial charge in [-0.3, -0.25) is 0 Å². The van der Waals surface area contributed by atoms with Gasteiger partial charge in [-0.2, -0.15) is 0 Å². The Morgan fingerprint density at radius 3 is 2.30 bits per heavy atom. The normalized spacial score (nSPS) is 10.8. The first kappa shape index (κ1) is 10.0. The van der Waals surface area contributed by atoms with Crippen LogP contribution in [0.3, 0.4) is 0 Å². The molecule has 0 amide bonds. The van der Waals surface area contributed by atoms with Crippen LogP contribution in [-0.4, -0.2) is 0 Å². The summed E-state index contributed by atoms with van der Waals surface area (Å²) in [4.78, 5) is 0. The highest BCUT2D eigenvalue weighted by Gasteiger charge is 2.01. The van der Waals surface area contributed by atoms with E-state index in [9.17, 15) is 0 Å². The van der Waals surface area contributed by atoms with E-state index in [1.807, 2.05) is 0 Å². The molecule has 0 spiro atoms. The van der Waals surface area contributed by atoms with Crippen molar-refractivity contribution < 1.29 is 0 Å². The maximum Gasteiger partial charge on any atom is -0.0386 e. The summed E-state index contributed by atoms with van der Waals surface area (Å²) in [5.74, 6) is 0.881. The van der Waals surface area contributed by atoms with Gasteiger partial charge in [0.15, 0.2) is 0 Å². The molecule has 0 aromatic carbocycles. The quantitative estimate of drug-likeness (QED) is 0.493. The number of hydrogen-bond acceptors (Lipinski definition) is 0. The van der Waals surface area contributed by atoms with Gasteiger partial charge in [-0.05, 0) is 12.3 Å². The molecule has 0 aromatic heterocycles. The molecular weight excluding hydrogens is 120 g/mol. The maximum absolute atomic E-state index is 2.34. The van der Waals surface area contributed by atoms with Crippen molar-refractivity contribution in [1.82, 2.24) is 0 Å². The Bertz CT molecular complexity index is 53.1. The summed E-state index contributed by atoms with van der Waals surface area (Å²) >= 11 is 0. The van der Waals surface area contributed by atoms with E-state index in [2.05, 4.69) is 27.2 Å². The summed E-state index contributed by atoms with van der Waals surface area (Å²) in [6, 6.07) is 0. The molecule has 0 N–H and O–H groups in total. The highest BCUT2D eigenvalue weighted by atomic mass is 14.1. The molecule has 0 aliphatic heterocycles. The fraction of sp³-hybridized carbons (Fsp3) is 0.900. The zero-order chi connectivity index (χ0) is 7.82. The smallest absolute Gasteiger partial charge is 0.0386 e. The number of hydrogen-bond donors (Lipinski definition) is 0. The molecule has 1 atom stereocenters. The highest BCUT2D eigenvalue weighted by Crippen LogP contribution is 2.15. The third kappa shape index (κ3) is 4.84. The van der Waals surface area contributed by atoms with Crippen molar-refractivity contribution in [2.45, 2.75) is 52.9 Å². The minimum Gasteiger partial charge on any atom is -0.0654 e. The van der Waals surface area contributed by atoms with E-state index < -0.39 is 0 Å². The molecule has 0 heteroatoms. The predicted octanol–water partition coefficient (Wildman–Crippen LogP) is 3.82. The summed E-state index contributed by atoms with van der Waals surface area (Å²) in [7, 11) is 0. The lowest BCUT2D eigenvalue weighted by Crippen LogP contribution is -1.96. The Hall–Kier alpha value is 0. The van der Waals surface area contributed by atoms with Gasteiger partial charge < -0.3 is 0 Å². The molecule has 1 radical (unpaired) electrons. The molecule has 0 saturated heterocycles. The molecule has 0 aliphatic rings. The second-order valence-corrected chi connectivity index (χ2v) is 3.00. The molecule has 61 valence electrons. The first-order valence-corrected chi connectivity index (χ1v) is 4.64. The molecule has 0 aromatic rings. The lowest BCUT2D eigenvalue weighted by atomic mass is 9.96. The summed E-state index contributed by atoms with van der Waals surface area (Å²) < 4.78 is 0.